The van der Waals surface area contributed by atoms with Crippen molar-refractivity contribution >= 4 is 22.8 Å². The van der Waals surface area contributed by atoms with Crippen LogP contribution in [-0.4, -0.2) is 37.6 Å². The van der Waals surface area contributed by atoms with Gasteiger partial charge in [0, 0.05) is 36.3 Å². The van der Waals surface area contributed by atoms with E-state index < -0.39 is 0 Å². The molecule has 0 spiro atoms. The Morgan fingerprint density at radius 1 is 1.21 bits per heavy atom. The molecular weight excluding hydrogens is 354 g/mol. The average molecular weight is 373 g/mol. The molecule has 4 aromatic rings. The predicted octanol–water partition coefficient (Wildman–Crippen LogP) is 2.28. The van der Waals surface area contributed by atoms with E-state index in [0.717, 1.165) is 22.0 Å². The number of aryl methyl sites for hydroxylation is 1. The van der Waals surface area contributed by atoms with E-state index in [4.69, 9.17) is 10.7 Å². The van der Waals surface area contributed by atoms with Gasteiger partial charge in [0.25, 0.3) is 5.91 Å². The molecule has 1 amide bonds. The highest BCUT2D eigenvalue weighted by Gasteiger charge is 2.14. The summed E-state index contributed by atoms with van der Waals surface area (Å²) < 4.78 is 0. The van der Waals surface area contributed by atoms with Crippen LogP contribution in [0.4, 0.5) is 5.95 Å². The summed E-state index contributed by atoms with van der Waals surface area (Å²) in [6, 6.07) is 11.5. The lowest BCUT2D eigenvalue weighted by Gasteiger charge is -2.11. The van der Waals surface area contributed by atoms with E-state index in [1.54, 1.807) is 18.5 Å². The molecule has 140 valence electrons. The van der Waals surface area contributed by atoms with E-state index in [2.05, 4.69) is 25.5 Å². The zero-order valence-electron chi connectivity index (χ0n) is 15.3. The minimum atomic E-state index is -0.171. The van der Waals surface area contributed by atoms with Gasteiger partial charge in [-0.1, -0.05) is 11.6 Å². The first kappa shape index (κ1) is 17.6. The van der Waals surface area contributed by atoms with Gasteiger partial charge in [0.2, 0.25) is 5.95 Å². The number of anilines is 1. The van der Waals surface area contributed by atoms with Gasteiger partial charge in [0.1, 0.15) is 5.82 Å². The molecular formula is C20H19N7O. The zero-order chi connectivity index (χ0) is 19.5. The van der Waals surface area contributed by atoms with Gasteiger partial charge in [-0.05, 0) is 37.3 Å². The normalized spacial score (nSPS) is 10.9. The van der Waals surface area contributed by atoms with E-state index in [-0.39, 0.29) is 11.9 Å². The van der Waals surface area contributed by atoms with E-state index in [0.29, 0.717) is 30.0 Å². The second kappa shape index (κ2) is 7.43. The second-order valence-electron chi connectivity index (χ2n) is 6.46. The van der Waals surface area contributed by atoms with Crippen molar-refractivity contribution < 1.29 is 4.79 Å². The van der Waals surface area contributed by atoms with Crippen LogP contribution >= 0.6 is 0 Å². The Morgan fingerprint density at radius 2 is 2.11 bits per heavy atom. The summed E-state index contributed by atoms with van der Waals surface area (Å²) in [5.41, 5.74) is 9.46. The van der Waals surface area contributed by atoms with Crippen molar-refractivity contribution in [2.75, 3.05) is 12.3 Å². The number of hydrogen-bond donors (Lipinski definition) is 3. The highest BCUT2D eigenvalue weighted by Crippen LogP contribution is 2.25. The van der Waals surface area contributed by atoms with Crippen molar-refractivity contribution in [3.8, 4) is 11.3 Å². The van der Waals surface area contributed by atoms with Crippen molar-refractivity contribution in [3.05, 3.63) is 65.7 Å². The summed E-state index contributed by atoms with van der Waals surface area (Å²) in [5, 5.41) is 10.3. The number of nitrogens with zero attached hydrogens (tertiary/aromatic N) is 4. The lowest BCUT2D eigenvalue weighted by molar-refractivity contribution is 0.0955. The second-order valence-corrected chi connectivity index (χ2v) is 6.46. The zero-order valence-corrected chi connectivity index (χ0v) is 15.3. The lowest BCUT2D eigenvalue weighted by atomic mass is 10.0. The van der Waals surface area contributed by atoms with Crippen molar-refractivity contribution in [2.45, 2.75) is 13.3 Å². The summed E-state index contributed by atoms with van der Waals surface area (Å²) in [7, 11) is 0. The van der Waals surface area contributed by atoms with Crippen LogP contribution in [0.3, 0.4) is 0 Å². The summed E-state index contributed by atoms with van der Waals surface area (Å²) in [6.07, 6.45) is 3.95. The number of nitrogens with one attached hydrogen (secondary N) is 2. The number of fused-ring (bicyclic) bond motifs is 1. The van der Waals surface area contributed by atoms with Crippen LogP contribution in [0.5, 0.6) is 0 Å². The summed E-state index contributed by atoms with van der Waals surface area (Å²) >= 11 is 0. The van der Waals surface area contributed by atoms with Gasteiger partial charge in [-0.15, -0.1) is 5.10 Å². The van der Waals surface area contributed by atoms with Gasteiger partial charge in [0.05, 0.1) is 16.8 Å². The van der Waals surface area contributed by atoms with Crippen LogP contribution in [0.2, 0.25) is 0 Å². The fourth-order valence-electron chi connectivity index (χ4n) is 3.00. The molecule has 0 aliphatic heterocycles. The highest BCUT2D eigenvalue weighted by atomic mass is 16.1. The van der Waals surface area contributed by atoms with E-state index in [1.807, 2.05) is 37.3 Å². The molecule has 0 atom stereocenters. The third-order valence-corrected chi connectivity index (χ3v) is 4.36. The van der Waals surface area contributed by atoms with Crippen molar-refractivity contribution in [3.63, 3.8) is 0 Å². The average Bonchev–Trinajstić information content (AvgIpc) is 3.13. The maximum atomic E-state index is 12.9. The fourth-order valence-corrected chi connectivity index (χ4v) is 3.00. The predicted molar refractivity (Wildman–Crippen MR) is 107 cm³/mol. The molecule has 0 saturated carbocycles. The number of carbonyl (C=O) groups is 1. The molecule has 1 aromatic carbocycles. The summed E-state index contributed by atoms with van der Waals surface area (Å²) in [5.74, 6) is 0.651. The maximum absolute atomic E-state index is 12.9. The molecule has 0 saturated heterocycles. The molecule has 0 bridgehead atoms. The quantitative estimate of drug-likeness (QED) is 0.493. The van der Waals surface area contributed by atoms with Gasteiger partial charge in [-0.25, -0.2) is 4.98 Å². The van der Waals surface area contributed by atoms with Gasteiger partial charge in [0.15, 0.2) is 0 Å². The van der Waals surface area contributed by atoms with Crippen LogP contribution in [0.1, 0.15) is 21.7 Å². The number of aromatic amines is 1. The van der Waals surface area contributed by atoms with Crippen molar-refractivity contribution in [1.29, 1.82) is 0 Å². The molecule has 8 nitrogen and oxygen atoms in total. The van der Waals surface area contributed by atoms with Crippen LogP contribution in [0, 0.1) is 6.92 Å². The van der Waals surface area contributed by atoms with Crippen molar-refractivity contribution in [1.82, 2.24) is 30.5 Å². The molecule has 8 heteroatoms. The number of hydrogen-bond acceptors (Lipinski definition) is 6. The molecule has 0 unspecified atom stereocenters. The number of carbonyl (C=O) groups excluding carboxylic acids is 1. The number of amides is 1. The Morgan fingerprint density at radius 3 is 2.86 bits per heavy atom. The van der Waals surface area contributed by atoms with Crippen LogP contribution in [0.15, 0.2) is 48.8 Å². The molecule has 3 aromatic heterocycles. The minimum Gasteiger partial charge on any atom is -0.367 e. The number of nitrogen functional groups attached to an aromatic ring is 1. The fraction of sp³-hybridized carbons (Fsp3) is 0.150. The molecule has 28 heavy (non-hydrogen) atoms. The topological polar surface area (TPSA) is 122 Å². The Kier molecular flexibility index (Phi) is 4.67. The minimum absolute atomic E-state index is 0.171. The molecule has 0 aliphatic rings. The molecule has 0 aliphatic carbocycles. The number of nitrogens with two attached hydrogens (primary N) is 1. The van der Waals surface area contributed by atoms with Gasteiger partial charge >= 0.3 is 0 Å². The molecule has 4 N–H and O–H groups in total. The van der Waals surface area contributed by atoms with Crippen LogP contribution in [-0.2, 0) is 6.42 Å². The largest absolute Gasteiger partial charge is 0.367 e. The Bertz CT molecular complexity index is 1140. The van der Waals surface area contributed by atoms with E-state index in [1.165, 1.54) is 0 Å². The van der Waals surface area contributed by atoms with Gasteiger partial charge in [-0.3, -0.25) is 14.9 Å². The first-order valence-corrected chi connectivity index (χ1v) is 8.87. The Labute approximate surface area is 161 Å². The monoisotopic (exact) mass is 373 g/mol. The number of pyridine rings is 2. The first-order chi connectivity index (χ1) is 13.6. The van der Waals surface area contributed by atoms with Crippen LogP contribution < -0.4 is 11.1 Å². The number of H-pyrrole nitrogens is 1. The molecule has 4 rings (SSSR count). The number of aromatic nitrogens is 5. The Balaban J connectivity index is 1.65. The SMILES string of the molecule is Cc1ccc2nc(-c3cccnc3)cc(C(=O)NCCc3nc(N)n[nH]3)c2c1. The van der Waals surface area contributed by atoms with Crippen molar-refractivity contribution in [2.24, 2.45) is 0 Å². The van der Waals surface area contributed by atoms with E-state index >= 15 is 0 Å². The van der Waals surface area contributed by atoms with Gasteiger partial charge < -0.3 is 11.1 Å². The Hall–Kier alpha value is -3.81. The lowest BCUT2D eigenvalue weighted by Crippen LogP contribution is -2.26. The van der Waals surface area contributed by atoms with Gasteiger partial charge in [-0.2, -0.15) is 4.98 Å². The third-order valence-electron chi connectivity index (χ3n) is 4.36. The summed E-state index contributed by atoms with van der Waals surface area (Å²) in [6.45, 7) is 2.40. The van der Waals surface area contributed by atoms with E-state index in [9.17, 15) is 4.79 Å². The third kappa shape index (κ3) is 3.66. The smallest absolute Gasteiger partial charge is 0.252 e. The molecule has 0 fully saturated rings. The molecule has 3 heterocycles. The maximum Gasteiger partial charge on any atom is 0.252 e. The first-order valence-electron chi connectivity index (χ1n) is 8.87. The highest BCUT2D eigenvalue weighted by molar-refractivity contribution is 6.07. The summed E-state index contributed by atoms with van der Waals surface area (Å²) in [4.78, 5) is 25.8. The number of benzene rings is 1. The standard InChI is InChI=1S/C20H19N7O/c1-12-4-5-16-14(9-12)15(10-17(24-16)13-3-2-7-22-11-13)19(28)23-8-6-18-25-20(21)27-26-18/h2-5,7,9-11H,6,8H2,1H3,(H,23,28)(H3,21,25,26,27). The molecule has 0 radical (unpaired) electrons. The number of rotatable bonds is 5. The van der Waals surface area contributed by atoms with Crippen LogP contribution in [0.25, 0.3) is 22.2 Å².